The zero-order valence-electron chi connectivity index (χ0n) is 14.1. The zero-order valence-corrected chi connectivity index (χ0v) is 14.9. The molecule has 0 aliphatic rings. The standard InChI is InChI=1S/C14H20F3N5O.ClH/c1-8(18-5)6-10-20-12(23-21-10)9-7-19-22(13(2,3)4)11(9)14(15,16)17;/h7-8,18H,6H2,1-5H3;1H. The largest absolute Gasteiger partial charge is 0.433 e. The van der Waals surface area contributed by atoms with Gasteiger partial charge >= 0.3 is 6.18 Å². The molecule has 1 atom stereocenters. The van der Waals surface area contributed by atoms with Crippen molar-refractivity contribution >= 4 is 12.4 Å². The van der Waals surface area contributed by atoms with Gasteiger partial charge in [-0.3, -0.25) is 4.68 Å². The SMILES string of the molecule is CNC(C)Cc1noc(-c2cnn(C(C)(C)C)c2C(F)(F)F)n1.Cl. The molecule has 10 heteroatoms. The maximum Gasteiger partial charge on any atom is 0.433 e. The molecule has 0 bridgehead atoms. The highest BCUT2D eigenvalue weighted by atomic mass is 35.5. The number of hydrogen-bond donors (Lipinski definition) is 1. The van der Waals surface area contributed by atoms with Crippen molar-refractivity contribution in [3.63, 3.8) is 0 Å². The molecule has 0 saturated carbocycles. The fourth-order valence-corrected chi connectivity index (χ4v) is 2.11. The van der Waals surface area contributed by atoms with Crippen LogP contribution in [0.1, 0.15) is 39.2 Å². The Morgan fingerprint density at radius 3 is 2.42 bits per heavy atom. The summed E-state index contributed by atoms with van der Waals surface area (Å²) in [4.78, 5) is 4.07. The summed E-state index contributed by atoms with van der Waals surface area (Å²) in [5.41, 5.74) is -1.92. The van der Waals surface area contributed by atoms with Crippen LogP contribution in [0.25, 0.3) is 11.5 Å². The number of rotatable bonds is 4. The number of hydrogen-bond acceptors (Lipinski definition) is 5. The van der Waals surface area contributed by atoms with E-state index in [2.05, 4.69) is 20.6 Å². The van der Waals surface area contributed by atoms with E-state index in [-0.39, 0.29) is 29.9 Å². The van der Waals surface area contributed by atoms with Gasteiger partial charge in [0, 0.05) is 12.5 Å². The fraction of sp³-hybridized carbons (Fsp3) is 0.643. The van der Waals surface area contributed by atoms with E-state index in [0.717, 1.165) is 10.9 Å². The number of halogens is 4. The van der Waals surface area contributed by atoms with Crippen molar-refractivity contribution in [3.8, 4) is 11.5 Å². The minimum Gasteiger partial charge on any atom is -0.334 e. The number of aromatic nitrogens is 4. The Morgan fingerprint density at radius 1 is 1.29 bits per heavy atom. The van der Waals surface area contributed by atoms with Gasteiger partial charge in [-0.25, -0.2) is 0 Å². The van der Waals surface area contributed by atoms with Gasteiger partial charge in [-0.2, -0.15) is 23.3 Å². The summed E-state index contributed by atoms with van der Waals surface area (Å²) < 4.78 is 46.4. The molecule has 0 aliphatic carbocycles. The normalized spacial score (nSPS) is 13.7. The molecule has 24 heavy (non-hydrogen) atoms. The maximum absolute atomic E-state index is 13.5. The number of nitrogens with zero attached hydrogens (tertiary/aromatic N) is 4. The van der Waals surface area contributed by atoms with Gasteiger partial charge in [0.15, 0.2) is 11.5 Å². The first-order chi connectivity index (χ1) is 10.5. The lowest BCUT2D eigenvalue weighted by Gasteiger charge is -2.23. The van der Waals surface area contributed by atoms with E-state index in [1.807, 2.05) is 6.92 Å². The number of nitrogens with one attached hydrogen (secondary N) is 1. The lowest BCUT2D eigenvalue weighted by Crippen LogP contribution is -2.29. The van der Waals surface area contributed by atoms with Crippen LogP contribution in [0.3, 0.4) is 0 Å². The lowest BCUT2D eigenvalue weighted by molar-refractivity contribution is -0.145. The Bertz CT molecular complexity index is 675. The molecule has 0 aromatic carbocycles. The summed E-state index contributed by atoms with van der Waals surface area (Å²) >= 11 is 0. The summed E-state index contributed by atoms with van der Waals surface area (Å²) in [5, 5.41) is 10.6. The maximum atomic E-state index is 13.5. The molecule has 2 aromatic heterocycles. The van der Waals surface area contributed by atoms with Gasteiger partial charge in [-0.15, -0.1) is 12.4 Å². The first kappa shape index (κ1) is 20.4. The van der Waals surface area contributed by atoms with E-state index in [0.29, 0.717) is 12.2 Å². The second-order valence-corrected chi connectivity index (χ2v) is 6.40. The third-order valence-corrected chi connectivity index (χ3v) is 3.35. The molecule has 2 aromatic rings. The molecule has 0 amide bonds. The van der Waals surface area contributed by atoms with E-state index in [1.54, 1.807) is 27.8 Å². The molecule has 2 rings (SSSR count). The van der Waals surface area contributed by atoms with Crippen LogP contribution in [0, 0.1) is 0 Å². The van der Waals surface area contributed by atoms with Crippen molar-refractivity contribution in [1.82, 2.24) is 25.2 Å². The molecular weight excluding hydrogens is 347 g/mol. The van der Waals surface area contributed by atoms with Crippen molar-refractivity contribution < 1.29 is 17.7 Å². The molecule has 0 saturated heterocycles. The highest BCUT2D eigenvalue weighted by molar-refractivity contribution is 5.85. The van der Waals surface area contributed by atoms with Crippen molar-refractivity contribution in [1.29, 1.82) is 0 Å². The monoisotopic (exact) mass is 367 g/mol. The molecular formula is C14H21ClF3N5O. The van der Waals surface area contributed by atoms with E-state index >= 15 is 0 Å². The Hall–Kier alpha value is -1.61. The first-order valence-electron chi connectivity index (χ1n) is 7.20. The van der Waals surface area contributed by atoms with E-state index < -0.39 is 17.4 Å². The second-order valence-electron chi connectivity index (χ2n) is 6.40. The van der Waals surface area contributed by atoms with Crippen molar-refractivity contribution in [2.45, 2.75) is 51.9 Å². The summed E-state index contributed by atoms with van der Waals surface area (Å²) in [5.74, 6) is 0.171. The van der Waals surface area contributed by atoms with E-state index in [4.69, 9.17) is 4.52 Å². The molecule has 0 radical (unpaired) electrons. The Labute approximate surface area is 144 Å². The van der Waals surface area contributed by atoms with Gasteiger partial charge in [0.1, 0.15) is 0 Å². The third-order valence-electron chi connectivity index (χ3n) is 3.35. The summed E-state index contributed by atoms with van der Waals surface area (Å²) in [6.07, 6.45) is -3.01. The molecule has 0 aliphatic heterocycles. The van der Waals surface area contributed by atoms with Gasteiger partial charge < -0.3 is 9.84 Å². The van der Waals surface area contributed by atoms with Crippen LogP contribution >= 0.6 is 12.4 Å². The van der Waals surface area contributed by atoms with Crippen LogP contribution in [0.15, 0.2) is 10.7 Å². The molecule has 1 N–H and O–H groups in total. The highest BCUT2D eigenvalue weighted by Gasteiger charge is 2.42. The van der Waals surface area contributed by atoms with Gasteiger partial charge in [-0.05, 0) is 34.7 Å². The topological polar surface area (TPSA) is 68.8 Å². The van der Waals surface area contributed by atoms with Crippen molar-refractivity contribution in [2.24, 2.45) is 0 Å². The minimum absolute atomic E-state index is 0. The average Bonchev–Trinajstić information content (AvgIpc) is 3.02. The molecule has 0 fully saturated rings. The summed E-state index contributed by atoms with van der Waals surface area (Å²) in [6, 6.07) is 0.0832. The molecule has 6 nitrogen and oxygen atoms in total. The zero-order chi connectivity index (χ0) is 17.4. The number of alkyl halides is 3. The van der Waals surface area contributed by atoms with Crippen LogP contribution in [0.4, 0.5) is 13.2 Å². The Balaban J connectivity index is 0.00000288. The number of likely N-dealkylation sites (N-methyl/N-ethyl adjacent to an activating group) is 1. The molecule has 1 unspecified atom stereocenters. The van der Waals surface area contributed by atoms with Crippen LogP contribution in [-0.2, 0) is 18.1 Å². The van der Waals surface area contributed by atoms with Gasteiger partial charge in [0.25, 0.3) is 5.89 Å². The van der Waals surface area contributed by atoms with Crippen molar-refractivity contribution in [3.05, 3.63) is 17.7 Å². The summed E-state index contributed by atoms with van der Waals surface area (Å²) in [6.45, 7) is 6.85. The van der Waals surface area contributed by atoms with Gasteiger partial charge in [0.2, 0.25) is 0 Å². The predicted octanol–water partition coefficient (Wildman–Crippen LogP) is 3.28. The lowest BCUT2D eigenvalue weighted by atomic mass is 10.1. The minimum atomic E-state index is -4.58. The summed E-state index contributed by atoms with van der Waals surface area (Å²) in [7, 11) is 1.78. The second kappa shape index (κ2) is 7.10. The Kier molecular flexibility index (Phi) is 6.05. The van der Waals surface area contributed by atoms with Crippen LogP contribution < -0.4 is 5.32 Å². The molecule has 2 heterocycles. The van der Waals surface area contributed by atoms with E-state index in [9.17, 15) is 13.2 Å². The van der Waals surface area contributed by atoms with Crippen LogP contribution in [0.2, 0.25) is 0 Å². The Morgan fingerprint density at radius 2 is 1.92 bits per heavy atom. The van der Waals surface area contributed by atoms with E-state index in [1.165, 1.54) is 0 Å². The predicted molar refractivity (Wildman–Crippen MR) is 85.0 cm³/mol. The van der Waals surface area contributed by atoms with Crippen molar-refractivity contribution in [2.75, 3.05) is 7.05 Å². The van der Waals surface area contributed by atoms with Gasteiger partial charge in [0.05, 0.1) is 17.3 Å². The van der Waals surface area contributed by atoms with Crippen LogP contribution in [0.5, 0.6) is 0 Å². The quantitative estimate of drug-likeness (QED) is 0.898. The highest BCUT2D eigenvalue weighted by Crippen LogP contribution is 2.38. The third kappa shape index (κ3) is 4.27. The first-order valence-corrected chi connectivity index (χ1v) is 7.20. The molecule has 136 valence electrons. The molecule has 0 spiro atoms. The van der Waals surface area contributed by atoms with Gasteiger partial charge in [-0.1, -0.05) is 5.16 Å². The smallest absolute Gasteiger partial charge is 0.334 e. The fourth-order valence-electron chi connectivity index (χ4n) is 2.11. The average molecular weight is 368 g/mol. The van der Waals surface area contributed by atoms with Crippen LogP contribution in [-0.4, -0.2) is 33.0 Å².